The molecular formula is C13H27NO. The van der Waals surface area contributed by atoms with Crippen LogP contribution < -0.4 is 5.32 Å². The second kappa shape index (κ2) is 9.17. The summed E-state index contributed by atoms with van der Waals surface area (Å²) < 4.78 is 5.46. The van der Waals surface area contributed by atoms with Gasteiger partial charge in [-0.1, -0.05) is 32.6 Å². The Morgan fingerprint density at radius 3 is 2.47 bits per heavy atom. The van der Waals surface area contributed by atoms with Gasteiger partial charge in [0, 0.05) is 19.3 Å². The molecule has 1 N–H and O–H groups in total. The summed E-state index contributed by atoms with van der Waals surface area (Å²) in [5.74, 6) is 0. The Kier molecular flexibility index (Phi) is 7.94. The van der Waals surface area contributed by atoms with Crippen LogP contribution in [0.3, 0.4) is 0 Å². The molecular weight excluding hydrogens is 186 g/mol. The fraction of sp³-hybridized carbons (Fsp3) is 1.00. The summed E-state index contributed by atoms with van der Waals surface area (Å²) in [6, 6.07) is 0.790. The summed E-state index contributed by atoms with van der Waals surface area (Å²) in [4.78, 5) is 0. The van der Waals surface area contributed by atoms with Gasteiger partial charge in [-0.25, -0.2) is 0 Å². The molecule has 1 saturated carbocycles. The first-order valence-corrected chi connectivity index (χ1v) is 6.74. The van der Waals surface area contributed by atoms with Crippen LogP contribution in [-0.2, 0) is 4.74 Å². The highest BCUT2D eigenvalue weighted by Crippen LogP contribution is 2.16. The van der Waals surface area contributed by atoms with Gasteiger partial charge in [-0.05, 0) is 32.2 Å². The quantitative estimate of drug-likeness (QED) is 0.518. The number of ether oxygens (including phenoxy) is 1. The summed E-state index contributed by atoms with van der Waals surface area (Å²) in [7, 11) is 0. The van der Waals surface area contributed by atoms with Gasteiger partial charge in [-0.15, -0.1) is 0 Å². The maximum Gasteiger partial charge on any atom is 0.0478 e. The maximum absolute atomic E-state index is 5.46. The molecule has 0 atom stereocenters. The molecule has 0 aromatic carbocycles. The summed E-state index contributed by atoms with van der Waals surface area (Å²) in [6.45, 7) is 5.13. The van der Waals surface area contributed by atoms with Crippen molar-refractivity contribution in [3.63, 3.8) is 0 Å². The van der Waals surface area contributed by atoms with E-state index in [1.807, 2.05) is 0 Å². The molecule has 0 bridgehead atoms. The van der Waals surface area contributed by atoms with Crippen LogP contribution in [0, 0.1) is 0 Å². The molecule has 0 spiro atoms. The minimum Gasteiger partial charge on any atom is -0.381 e. The van der Waals surface area contributed by atoms with Gasteiger partial charge in [-0.2, -0.15) is 0 Å². The Morgan fingerprint density at radius 2 is 1.80 bits per heavy atom. The lowest BCUT2D eigenvalue weighted by molar-refractivity contribution is 0.131. The Morgan fingerprint density at radius 1 is 1.07 bits per heavy atom. The lowest BCUT2D eigenvalue weighted by Gasteiger charge is -2.15. The van der Waals surface area contributed by atoms with E-state index in [-0.39, 0.29) is 0 Å². The highest BCUT2D eigenvalue weighted by Gasteiger charge is 2.10. The molecule has 0 aromatic rings. The van der Waals surface area contributed by atoms with Gasteiger partial charge in [0.05, 0.1) is 0 Å². The van der Waals surface area contributed by atoms with Crippen molar-refractivity contribution in [2.24, 2.45) is 0 Å². The van der Waals surface area contributed by atoms with Gasteiger partial charge in [0.15, 0.2) is 0 Å². The third-order valence-corrected chi connectivity index (χ3v) is 3.10. The molecule has 2 nitrogen and oxygen atoms in total. The van der Waals surface area contributed by atoms with Gasteiger partial charge in [0.25, 0.3) is 0 Å². The van der Waals surface area contributed by atoms with Crippen LogP contribution in [0.15, 0.2) is 0 Å². The van der Waals surface area contributed by atoms with Crippen LogP contribution in [0.4, 0.5) is 0 Å². The van der Waals surface area contributed by atoms with Gasteiger partial charge in [0.1, 0.15) is 0 Å². The molecule has 2 heteroatoms. The van der Waals surface area contributed by atoms with Gasteiger partial charge in [0.2, 0.25) is 0 Å². The monoisotopic (exact) mass is 213 g/mol. The second-order valence-electron chi connectivity index (χ2n) is 4.61. The minimum atomic E-state index is 0.790. The van der Waals surface area contributed by atoms with E-state index < -0.39 is 0 Å². The summed E-state index contributed by atoms with van der Waals surface area (Å²) in [5.41, 5.74) is 0. The van der Waals surface area contributed by atoms with Crippen molar-refractivity contribution in [1.29, 1.82) is 0 Å². The molecule has 1 aliphatic carbocycles. The van der Waals surface area contributed by atoms with E-state index in [1.54, 1.807) is 0 Å². The molecule has 90 valence electrons. The van der Waals surface area contributed by atoms with Crippen molar-refractivity contribution in [1.82, 2.24) is 5.32 Å². The molecule has 0 saturated heterocycles. The van der Waals surface area contributed by atoms with E-state index in [0.29, 0.717) is 0 Å². The van der Waals surface area contributed by atoms with Crippen molar-refractivity contribution >= 4 is 0 Å². The van der Waals surface area contributed by atoms with E-state index in [9.17, 15) is 0 Å². The topological polar surface area (TPSA) is 21.3 Å². The number of nitrogens with one attached hydrogen (secondary N) is 1. The third-order valence-electron chi connectivity index (χ3n) is 3.10. The van der Waals surface area contributed by atoms with Gasteiger partial charge in [-0.3, -0.25) is 0 Å². The zero-order valence-corrected chi connectivity index (χ0v) is 10.3. The molecule has 0 heterocycles. The van der Waals surface area contributed by atoms with Crippen LogP contribution in [-0.4, -0.2) is 25.8 Å². The van der Waals surface area contributed by atoms with Crippen LogP contribution in [0.25, 0.3) is 0 Å². The Bertz CT molecular complexity index is 130. The van der Waals surface area contributed by atoms with E-state index >= 15 is 0 Å². The highest BCUT2D eigenvalue weighted by molar-refractivity contribution is 4.70. The molecule has 1 fully saturated rings. The largest absolute Gasteiger partial charge is 0.381 e. The molecule has 0 amide bonds. The third kappa shape index (κ3) is 6.91. The van der Waals surface area contributed by atoms with Crippen molar-refractivity contribution in [3.05, 3.63) is 0 Å². The van der Waals surface area contributed by atoms with Crippen LogP contribution in [0.2, 0.25) is 0 Å². The smallest absolute Gasteiger partial charge is 0.0478 e. The Hall–Kier alpha value is -0.0800. The Labute approximate surface area is 94.8 Å². The van der Waals surface area contributed by atoms with E-state index in [1.165, 1.54) is 38.5 Å². The normalized spacial score (nSPS) is 19.0. The lowest BCUT2D eigenvalue weighted by atomic mass is 10.1. The highest BCUT2D eigenvalue weighted by atomic mass is 16.5. The van der Waals surface area contributed by atoms with E-state index in [4.69, 9.17) is 4.74 Å². The van der Waals surface area contributed by atoms with Crippen molar-refractivity contribution in [2.45, 2.75) is 64.3 Å². The number of rotatable bonds is 7. The zero-order valence-electron chi connectivity index (χ0n) is 10.3. The van der Waals surface area contributed by atoms with Crippen molar-refractivity contribution in [2.75, 3.05) is 19.8 Å². The predicted octanol–water partition coefficient (Wildman–Crippen LogP) is 3.12. The first-order valence-electron chi connectivity index (χ1n) is 6.74. The molecule has 1 rings (SSSR count). The van der Waals surface area contributed by atoms with Gasteiger partial charge < -0.3 is 10.1 Å². The zero-order chi connectivity index (χ0) is 10.8. The minimum absolute atomic E-state index is 0.790. The lowest BCUT2D eigenvalue weighted by Crippen LogP contribution is -2.29. The first-order chi connectivity index (χ1) is 7.43. The molecule has 0 unspecified atom stereocenters. The maximum atomic E-state index is 5.46. The SMILES string of the molecule is CCCOCCCNC1CCCCCC1. The van der Waals surface area contributed by atoms with Gasteiger partial charge >= 0.3 is 0 Å². The number of hydrogen-bond donors (Lipinski definition) is 1. The van der Waals surface area contributed by atoms with Crippen LogP contribution >= 0.6 is 0 Å². The van der Waals surface area contributed by atoms with Crippen molar-refractivity contribution in [3.8, 4) is 0 Å². The molecule has 0 aliphatic heterocycles. The molecule has 1 aliphatic rings. The summed E-state index contributed by atoms with van der Waals surface area (Å²) in [6.07, 6.45) is 10.8. The molecule has 15 heavy (non-hydrogen) atoms. The number of hydrogen-bond acceptors (Lipinski definition) is 2. The van der Waals surface area contributed by atoms with E-state index in [0.717, 1.165) is 38.6 Å². The van der Waals surface area contributed by atoms with Crippen molar-refractivity contribution < 1.29 is 4.74 Å². The predicted molar refractivity (Wildman–Crippen MR) is 65.2 cm³/mol. The average Bonchev–Trinajstić information content (AvgIpc) is 2.52. The summed E-state index contributed by atoms with van der Waals surface area (Å²) in [5, 5.41) is 3.66. The summed E-state index contributed by atoms with van der Waals surface area (Å²) >= 11 is 0. The Balaban J connectivity index is 1.89. The fourth-order valence-corrected chi connectivity index (χ4v) is 2.21. The standard InChI is InChI=1S/C13H27NO/c1-2-11-15-12-7-10-14-13-8-5-3-4-6-9-13/h13-14H,2-12H2,1H3. The fourth-order valence-electron chi connectivity index (χ4n) is 2.21. The van der Waals surface area contributed by atoms with Crippen LogP contribution in [0.1, 0.15) is 58.3 Å². The second-order valence-corrected chi connectivity index (χ2v) is 4.61. The van der Waals surface area contributed by atoms with E-state index in [2.05, 4.69) is 12.2 Å². The molecule has 0 aromatic heterocycles. The average molecular weight is 213 g/mol. The first kappa shape index (κ1) is 13.0. The molecule has 0 radical (unpaired) electrons. The van der Waals surface area contributed by atoms with Crippen LogP contribution in [0.5, 0.6) is 0 Å².